The smallest absolute Gasteiger partial charge is 0.161 e. The summed E-state index contributed by atoms with van der Waals surface area (Å²) in [5.41, 5.74) is 2.16. The van der Waals surface area contributed by atoms with Gasteiger partial charge in [-0.1, -0.05) is 19.9 Å². The first kappa shape index (κ1) is 19.5. The van der Waals surface area contributed by atoms with Gasteiger partial charge < -0.3 is 15.2 Å². The van der Waals surface area contributed by atoms with E-state index in [9.17, 15) is 9.90 Å². The van der Waals surface area contributed by atoms with Gasteiger partial charge in [-0.2, -0.15) is 0 Å². The second kappa shape index (κ2) is 9.56. The number of hydrogen-bond donors (Lipinski definition) is 2. The third-order valence-electron chi connectivity index (χ3n) is 4.46. The Kier molecular flexibility index (Phi) is 8.10. The Hall–Kier alpha value is -1.55. The van der Waals surface area contributed by atoms with Gasteiger partial charge >= 0.3 is 0 Å². The molecule has 1 saturated carbocycles. The fraction of sp³-hybridized carbons (Fsp3) is 0.632. The molecule has 2 unspecified atom stereocenters. The van der Waals surface area contributed by atoms with Gasteiger partial charge in [-0.3, -0.25) is 4.79 Å². The number of phenols is 1. The van der Waals surface area contributed by atoms with Gasteiger partial charge in [-0.05, 0) is 56.8 Å². The van der Waals surface area contributed by atoms with Gasteiger partial charge in [0.2, 0.25) is 0 Å². The van der Waals surface area contributed by atoms with Crippen LogP contribution in [0.15, 0.2) is 12.1 Å². The van der Waals surface area contributed by atoms with Crippen LogP contribution in [0.4, 0.5) is 0 Å². The van der Waals surface area contributed by atoms with E-state index in [-0.39, 0.29) is 11.7 Å². The zero-order chi connectivity index (χ0) is 17.4. The summed E-state index contributed by atoms with van der Waals surface area (Å²) in [6.07, 6.45) is 4.40. The normalized spacial score (nSPS) is 21.7. The second-order valence-electron chi connectivity index (χ2n) is 5.88. The maximum atomic E-state index is 11.7. The van der Waals surface area contributed by atoms with Gasteiger partial charge in [0, 0.05) is 18.4 Å². The molecule has 0 aliphatic heterocycles. The predicted octanol–water partition coefficient (Wildman–Crippen LogP) is 3.66. The minimum atomic E-state index is 0.199. The highest BCUT2D eigenvalue weighted by molar-refractivity contribution is 5.80. The van der Waals surface area contributed by atoms with Crippen LogP contribution in [0.5, 0.6) is 11.5 Å². The first-order valence-corrected chi connectivity index (χ1v) is 8.61. The molecule has 1 aromatic carbocycles. The molecule has 2 N–H and O–H groups in total. The molecule has 23 heavy (non-hydrogen) atoms. The lowest BCUT2D eigenvalue weighted by Gasteiger charge is -2.37. The van der Waals surface area contributed by atoms with E-state index in [4.69, 9.17) is 4.74 Å². The average Bonchev–Trinajstić information content (AvgIpc) is 2.57. The molecule has 0 aromatic heterocycles. The Balaban J connectivity index is 0.000000477. The Morgan fingerprint density at radius 1 is 1.17 bits per heavy atom. The van der Waals surface area contributed by atoms with Crippen LogP contribution in [0.3, 0.4) is 0 Å². The maximum absolute atomic E-state index is 11.7. The molecule has 1 aromatic rings. The van der Waals surface area contributed by atoms with Crippen LogP contribution in [-0.4, -0.2) is 32.1 Å². The van der Waals surface area contributed by atoms with E-state index in [1.165, 1.54) is 5.56 Å². The van der Waals surface area contributed by atoms with Crippen molar-refractivity contribution in [2.75, 3.05) is 21.2 Å². The highest BCUT2D eigenvalue weighted by Gasteiger charge is 2.37. The van der Waals surface area contributed by atoms with Crippen LogP contribution in [-0.2, 0) is 11.2 Å². The summed E-state index contributed by atoms with van der Waals surface area (Å²) in [6, 6.07) is 3.85. The zero-order valence-corrected chi connectivity index (χ0v) is 15.1. The average molecular weight is 321 g/mol. The van der Waals surface area contributed by atoms with Crippen LogP contribution in [0, 0.1) is 5.92 Å². The number of ketones is 1. The number of fused-ring (bicyclic) bond motifs is 3. The molecule has 0 heterocycles. The molecule has 4 nitrogen and oxygen atoms in total. The number of aryl methyl sites for hydroxylation is 1. The summed E-state index contributed by atoms with van der Waals surface area (Å²) in [5.74, 6) is 1.84. The van der Waals surface area contributed by atoms with Gasteiger partial charge in [0.05, 0.1) is 7.11 Å². The summed E-state index contributed by atoms with van der Waals surface area (Å²) >= 11 is 0. The van der Waals surface area contributed by atoms with E-state index in [0.717, 1.165) is 24.8 Å². The van der Waals surface area contributed by atoms with Crippen molar-refractivity contribution in [3.8, 4) is 11.5 Å². The lowest BCUT2D eigenvalue weighted by atomic mass is 9.67. The number of rotatable bonds is 1. The largest absolute Gasteiger partial charge is 0.504 e. The van der Waals surface area contributed by atoms with Crippen molar-refractivity contribution in [2.45, 2.75) is 51.9 Å². The Bertz CT molecular complexity index is 514. The van der Waals surface area contributed by atoms with Crippen molar-refractivity contribution in [3.05, 3.63) is 23.3 Å². The highest BCUT2D eigenvalue weighted by Crippen LogP contribution is 2.49. The van der Waals surface area contributed by atoms with Crippen molar-refractivity contribution < 1.29 is 14.6 Å². The fourth-order valence-corrected chi connectivity index (χ4v) is 3.51. The summed E-state index contributed by atoms with van der Waals surface area (Å²) < 4.78 is 5.18. The molecule has 0 bridgehead atoms. The molecule has 0 amide bonds. The van der Waals surface area contributed by atoms with Gasteiger partial charge in [0.1, 0.15) is 5.78 Å². The zero-order valence-electron chi connectivity index (χ0n) is 15.1. The van der Waals surface area contributed by atoms with Crippen molar-refractivity contribution >= 4 is 5.78 Å². The molecule has 0 radical (unpaired) electrons. The first-order valence-electron chi connectivity index (χ1n) is 8.61. The molecule has 2 atom stereocenters. The van der Waals surface area contributed by atoms with Crippen molar-refractivity contribution in [2.24, 2.45) is 5.92 Å². The van der Waals surface area contributed by atoms with E-state index in [1.807, 2.05) is 40.1 Å². The summed E-state index contributed by atoms with van der Waals surface area (Å²) in [4.78, 5) is 11.7. The monoisotopic (exact) mass is 321 g/mol. The third-order valence-corrected chi connectivity index (χ3v) is 4.46. The minimum Gasteiger partial charge on any atom is -0.504 e. The lowest BCUT2D eigenvalue weighted by Crippen LogP contribution is -2.28. The maximum Gasteiger partial charge on any atom is 0.161 e. The van der Waals surface area contributed by atoms with Crippen molar-refractivity contribution in [3.63, 3.8) is 0 Å². The summed E-state index contributed by atoms with van der Waals surface area (Å²) in [6.45, 7) is 4.00. The van der Waals surface area contributed by atoms with E-state index in [1.54, 1.807) is 7.11 Å². The van der Waals surface area contributed by atoms with E-state index in [0.29, 0.717) is 30.3 Å². The van der Waals surface area contributed by atoms with Gasteiger partial charge in [0.25, 0.3) is 0 Å². The molecular weight excluding hydrogens is 290 g/mol. The van der Waals surface area contributed by atoms with Gasteiger partial charge in [-0.15, -0.1) is 0 Å². The van der Waals surface area contributed by atoms with Crippen molar-refractivity contribution in [1.29, 1.82) is 0 Å². The van der Waals surface area contributed by atoms with Crippen molar-refractivity contribution in [1.82, 2.24) is 5.32 Å². The number of carbonyl (C=O) groups is 1. The van der Waals surface area contributed by atoms with Crippen LogP contribution in [0.1, 0.15) is 56.6 Å². The molecule has 4 heteroatoms. The molecule has 2 aliphatic rings. The number of methoxy groups -OCH3 is 1. The molecule has 130 valence electrons. The van der Waals surface area contributed by atoms with E-state index in [2.05, 4.69) is 5.32 Å². The number of Topliss-reactive ketones (excluding diaryl/α,β-unsaturated/α-hetero) is 1. The number of hydrogen-bond acceptors (Lipinski definition) is 4. The molecular formula is C19H31NO3. The Morgan fingerprint density at radius 3 is 2.39 bits per heavy atom. The number of nitrogens with one attached hydrogen (secondary N) is 1. The topological polar surface area (TPSA) is 58.6 Å². The third kappa shape index (κ3) is 4.47. The quantitative estimate of drug-likeness (QED) is 0.829. The van der Waals surface area contributed by atoms with E-state index < -0.39 is 0 Å². The van der Waals surface area contributed by atoms with Gasteiger partial charge in [-0.25, -0.2) is 0 Å². The molecule has 0 saturated heterocycles. The van der Waals surface area contributed by atoms with Gasteiger partial charge in [0.15, 0.2) is 11.5 Å². The molecule has 3 rings (SSSR count). The SMILES string of the molecule is CC.CNC.COc1ccc2c(c1O)C1CC(=O)CCC1CC2. The number of ether oxygens (including phenoxy) is 1. The standard InChI is InChI=1S/C15H18O3.C2H7N.C2H6/c1-18-13-7-5-10-3-2-9-4-6-11(16)8-12(9)14(10)15(13)17;1-3-2;1-2/h5,7,9,12,17H,2-4,6,8H2,1H3;3H,1-2H3;1-2H3. The molecule has 0 spiro atoms. The molecule has 2 aliphatic carbocycles. The highest BCUT2D eigenvalue weighted by atomic mass is 16.5. The summed E-state index contributed by atoms with van der Waals surface area (Å²) in [5, 5.41) is 13.1. The fourth-order valence-electron chi connectivity index (χ4n) is 3.51. The lowest BCUT2D eigenvalue weighted by molar-refractivity contribution is -0.121. The van der Waals surface area contributed by atoms with Crippen LogP contribution in [0.2, 0.25) is 0 Å². The second-order valence-corrected chi connectivity index (χ2v) is 5.88. The Morgan fingerprint density at radius 2 is 1.78 bits per heavy atom. The van der Waals surface area contributed by atoms with Crippen LogP contribution < -0.4 is 10.1 Å². The van der Waals surface area contributed by atoms with Crippen LogP contribution in [0.25, 0.3) is 0 Å². The number of carbonyl (C=O) groups excluding carboxylic acids is 1. The number of phenolic OH excluding ortho intramolecular Hbond substituents is 1. The summed E-state index contributed by atoms with van der Waals surface area (Å²) in [7, 11) is 5.31. The van der Waals surface area contributed by atoms with E-state index >= 15 is 0 Å². The first-order chi connectivity index (χ1) is 11.1. The Labute approximate surface area is 140 Å². The molecule has 1 fully saturated rings. The minimum absolute atomic E-state index is 0.199. The number of benzene rings is 1. The number of aromatic hydroxyl groups is 1. The van der Waals surface area contributed by atoms with Crippen LogP contribution >= 0.6 is 0 Å². The predicted molar refractivity (Wildman–Crippen MR) is 94.4 cm³/mol.